The van der Waals surface area contributed by atoms with E-state index in [1.807, 2.05) is 30.3 Å². The predicted octanol–water partition coefficient (Wildman–Crippen LogP) is 1.42. The maximum absolute atomic E-state index is 11.2. The lowest BCUT2D eigenvalue weighted by Crippen LogP contribution is -2.50. The molecule has 1 aromatic carbocycles. The quantitative estimate of drug-likeness (QED) is 0.484. The van der Waals surface area contributed by atoms with Gasteiger partial charge in [0.2, 0.25) is 5.91 Å². The molecule has 1 aromatic rings. The lowest BCUT2D eigenvalue weighted by Gasteiger charge is -2.32. The third kappa shape index (κ3) is 1.90. The number of carbonyl (C=O) groups excluding carboxylic acids is 1. The minimum absolute atomic E-state index is 0.0606. The van der Waals surface area contributed by atoms with Gasteiger partial charge in [0, 0.05) is 0 Å². The fourth-order valence-electron chi connectivity index (χ4n) is 1.44. The monoisotopic (exact) mass is 303 g/mol. The summed E-state index contributed by atoms with van der Waals surface area (Å²) in [6.45, 7) is 0.681. The Labute approximate surface area is 96.0 Å². The number of halogens is 1. The van der Waals surface area contributed by atoms with Gasteiger partial charge < -0.3 is 10.1 Å². The van der Waals surface area contributed by atoms with Gasteiger partial charge in [-0.15, -0.1) is 0 Å². The first-order valence-electron chi connectivity index (χ1n) is 4.34. The molecule has 1 aliphatic rings. The van der Waals surface area contributed by atoms with Gasteiger partial charge >= 0.3 is 0 Å². The van der Waals surface area contributed by atoms with E-state index in [4.69, 9.17) is 4.74 Å². The molecule has 3 nitrogen and oxygen atoms in total. The average molecular weight is 303 g/mol. The summed E-state index contributed by atoms with van der Waals surface area (Å²) >= 11 is 2.21. The van der Waals surface area contributed by atoms with Crippen LogP contribution in [0, 0.1) is 0 Å². The maximum atomic E-state index is 11.2. The molecule has 0 radical (unpaired) electrons. The van der Waals surface area contributed by atoms with Crippen LogP contribution in [0.1, 0.15) is 5.56 Å². The highest BCUT2D eigenvalue weighted by Crippen LogP contribution is 2.30. The summed E-state index contributed by atoms with van der Waals surface area (Å²) in [5, 5.41) is 2.93. The number of carbonyl (C=O) groups is 1. The lowest BCUT2D eigenvalue weighted by atomic mass is 10.1. The fourth-order valence-corrected chi connectivity index (χ4v) is 2.32. The van der Waals surface area contributed by atoms with Gasteiger partial charge in [0.15, 0.2) is 0 Å². The second-order valence-electron chi connectivity index (χ2n) is 3.21. The van der Waals surface area contributed by atoms with Gasteiger partial charge in [-0.2, -0.15) is 0 Å². The topological polar surface area (TPSA) is 38.3 Å². The van der Waals surface area contributed by atoms with E-state index in [9.17, 15) is 4.79 Å². The van der Waals surface area contributed by atoms with Gasteiger partial charge in [-0.05, 0) is 28.2 Å². The third-order valence-electron chi connectivity index (χ3n) is 2.10. The van der Waals surface area contributed by atoms with Crippen LogP contribution in [-0.4, -0.2) is 19.1 Å². The van der Waals surface area contributed by atoms with E-state index in [2.05, 4.69) is 27.9 Å². The molecule has 0 aliphatic carbocycles. The molecule has 74 valence electrons. The molecule has 0 bridgehead atoms. The summed E-state index contributed by atoms with van der Waals surface area (Å²) in [4.78, 5) is 11.2. The molecular weight excluding hydrogens is 293 g/mol. The number of nitrogens with one attached hydrogen (secondary N) is 1. The van der Waals surface area contributed by atoms with E-state index in [1.54, 1.807) is 0 Å². The van der Waals surface area contributed by atoms with Gasteiger partial charge in [0.05, 0.1) is 6.61 Å². The summed E-state index contributed by atoms with van der Waals surface area (Å²) in [5.74, 6) is -0.0606. The van der Waals surface area contributed by atoms with Gasteiger partial charge in [0.25, 0.3) is 0 Å². The first kappa shape index (κ1) is 9.92. The van der Waals surface area contributed by atoms with Crippen molar-refractivity contribution in [2.24, 2.45) is 0 Å². The van der Waals surface area contributed by atoms with Crippen molar-refractivity contribution in [2.45, 2.75) is 3.55 Å². The van der Waals surface area contributed by atoms with Crippen LogP contribution in [0.15, 0.2) is 30.3 Å². The van der Waals surface area contributed by atoms with Crippen molar-refractivity contribution in [2.75, 3.05) is 13.2 Å². The highest BCUT2D eigenvalue weighted by molar-refractivity contribution is 14.1. The molecule has 2 rings (SSSR count). The fraction of sp³-hybridized carbons (Fsp3) is 0.300. The van der Waals surface area contributed by atoms with Crippen LogP contribution in [0.2, 0.25) is 0 Å². The number of ether oxygens (including phenoxy) is 1. The number of amides is 1. The van der Waals surface area contributed by atoms with Crippen molar-refractivity contribution < 1.29 is 9.53 Å². The summed E-state index contributed by atoms with van der Waals surface area (Å²) < 4.78 is 4.82. The highest BCUT2D eigenvalue weighted by Gasteiger charge is 2.34. The first-order valence-corrected chi connectivity index (χ1v) is 5.42. The second kappa shape index (κ2) is 3.86. The van der Waals surface area contributed by atoms with E-state index >= 15 is 0 Å². The zero-order chi connectivity index (χ0) is 10.0. The molecule has 14 heavy (non-hydrogen) atoms. The zero-order valence-corrected chi connectivity index (χ0v) is 9.65. The molecule has 1 heterocycles. The van der Waals surface area contributed by atoms with E-state index in [0.29, 0.717) is 6.61 Å². The summed E-state index contributed by atoms with van der Waals surface area (Å²) in [5.41, 5.74) is 1.06. The lowest BCUT2D eigenvalue weighted by molar-refractivity contribution is -0.132. The minimum atomic E-state index is -0.408. The van der Waals surface area contributed by atoms with Crippen LogP contribution in [0.25, 0.3) is 0 Å². The molecular formula is C10H10INO2. The van der Waals surface area contributed by atoms with E-state index in [-0.39, 0.29) is 12.5 Å². The van der Waals surface area contributed by atoms with Gasteiger partial charge in [-0.25, -0.2) is 0 Å². The van der Waals surface area contributed by atoms with Gasteiger partial charge in [0.1, 0.15) is 10.2 Å². The predicted molar refractivity (Wildman–Crippen MR) is 61.1 cm³/mol. The molecule has 0 saturated carbocycles. The van der Waals surface area contributed by atoms with Crippen LogP contribution in [0.5, 0.6) is 0 Å². The minimum Gasteiger partial charge on any atom is -0.368 e. The highest BCUT2D eigenvalue weighted by atomic mass is 127. The Morgan fingerprint density at radius 3 is 2.71 bits per heavy atom. The Bertz CT molecular complexity index is 341. The van der Waals surface area contributed by atoms with Crippen LogP contribution < -0.4 is 5.32 Å². The van der Waals surface area contributed by atoms with Crippen LogP contribution in [0.4, 0.5) is 0 Å². The third-order valence-corrected chi connectivity index (χ3v) is 3.31. The van der Waals surface area contributed by atoms with Crippen LogP contribution in [0.3, 0.4) is 0 Å². The molecule has 1 N–H and O–H groups in total. The van der Waals surface area contributed by atoms with Crippen molar-refractivity contribution in [3.05, 3.63) is 35.9 Å². The number of hydrogen-bond donors (Lipinski definition) is 1. The Balaban J connectivity index is 2.27. The Kier molecular flexibility index (Phi) is 2.73. The summed E-state index contributed by atoms with van der Waals surface area (Å²) in [6, 6.07) is 9.84. The number of hydrogen-bond acceptors (Lipinski definition) is 2. The van der Waals surface area contributed by atoms with Crippen molar-refractivity contribution in [3.8, 4) is 0 Å². The molecule has 1 amide bonds. The second-order valence-corrected chi connectivity index (χ2v) is 5.05. The molecule has 1 unspecified atom stereocenters. The number of alkyl halides is 1. The van der Waals surface area contributed by atoms with Gasteiger partial charge in [-0.3, -0.25) is 4.79 Å². The molecule has 0 aromatic heterocycles. The largest absolute Gasteiger partial charge is 0.368 e. The molecule has 1 atom stereocenters. The van der Waals surface area contributed by atoms with E-state index in [1.165, 1.54) is 0 Å². The maximum Gasteiger partial charge on any atom is 0.247 e. The molecule has 1 fully saturated rings. The summed E-state index contributed by atoms with van der Waals surface area (Å²) in [7, 11) is 0. The van der Waals surface area contributed by atoms with Crippen molar-refractivity contribution in [1.29, 1.82) is 0 Å². The zero-order valence-electron chi connectivity index (χ0n) is 7.50. The Morgan fingerprint density at radius 2 is 2.07 bits per heavy atom. The van der Waals surface area contributed by atoms with Crippen molar-refractivity contribution in [1.82, 2.24) is 5.32 Å². The Morgan fingerprint density at radius 1 is 1.36 bits per heavy atom. The first-order chi connectivity index (χ1) is 6.71. The molecule has 0 spiro atoms. The average Bonchev–Trinajstić information content (AvgIpc) is 2.19. The van der Waals surface area contributed by atoms with E-state index in [0.717, 1.165) is 5.56 Å². The molecule has 1 aliphatic heterocycles. The molecule has 4 heteroatoms. The van der Waals surface area contributed by atoms with Gasteiger partial charge in [-0.1, -0.05) is 30.3 Å². The number of benzene rings is 1. The Hall–Kier alpha value is -0.620. The molecule has 1 saturated heterocycles. The standard InChI is InChI=1S/C10H10INO2/c11-10(7-14-6-9(13)12-10)8-4-2-1-3-5-8/h1-5H,6-7H2,(H,12,13). The SMILES string of the molecule is O=C1COCC(I)(c2ccccc2)N1. The normalized spacial score (nSPS) is 27.1. The van der Waals surface area contributed by atoms with Crippen molar-refractivity contribution >= 4 is 28.5 Å². The van der Waals surface area contributed by atoms with Crippen LogP contribution in [-0.2, 0) is 13.1 Å². The number of rotatable bonds is 1. The summed E-state index contributed by atoms with van der Waals surface area (Å²) in [6.07, 6.45) is 0. The number of morpholine rings is 1. The smallest absolute Gasteiger partial charge is 0.247 e. The van der Waals surface area contributed by atoms with Crippen LogP contribution >= 0.6 is 22.6 Å². The van der Waals surface area contributed by atoms with Crippen molar-refractivity contribution in [3.63, 3.8) is 0 Å². The van der Waals surface area contributed by atoms with E-state index < -0.39 is 3.55 Å².